The molecular weight excluding hydrogens is 285 g/mol. The summed E-state index contributed by atoms with van der Waals surface area (Å²) in [5.41, 5.74) is 0.600. The zero-order valence-corrected chi connectivity index (χ0v) is 13.1. The predicted molar refractivity (Wildman–Crippen MR) is 81.9 cm³/mol. The highest BCUT2D eigenvalue weighted by atomic mass is 19.1. The van der Waals surface area contributed by atoms with Crippen LogP contribution in [0.5, 0.6) is 0 Å². The van der Waals surface area contributed by atoms with E-state index in [-0.39, 0.29) is 36.7 Å². The van der Waals surface area contributed by atoms with E-state index in [2.05, 4.69) is 5.32 Å². The minimum Gasteiger partial charge on any atom is -0.389 e. The van der Waals surface area contributed by atoms with Gasteiger partial charge < -0.3 is 15.2 Å². The molecule has 122 valence electrons. The molecule has 4 nitrogen and oxygen atoms in total. The van der Waals surface area contributed by atoms with E-state index in [1.807, 2.05) is 13.8 Å². The van der Waals surface area contributed by atoms with E-state index < -0.39 is 6.10 Å². The van der Waals surface area contributed by atoms with Gasteiger partial charge in [-0.25, -0.2) is 4.39 Å². The first-order valence-electron chi connectivity index (χ1n) is 7.77. The number of rotatable bonds is 8. The fraction of sp³-hybridized carbons (Fsp3) is 0.588. The van der Waals surface area contributed by atoms with E-state index in [0.29, 0.717) is 24.5 Å². The molecule has 22 heavy (non-hydrogen) atoms. The van der Waals surface area contributed by atoms with Gasteiger partial charge in [-0.1, -0.05) is 32.0 Å². The Kier molecular flexibility index (Phi) is 5.91. The lowest BCUT2D eigenvalue weighted by molar-refractivity contribution is -0.123. The minimum absolute atomic E-state index is 0.0458. The van der Waals surface area contributed by atoms with Crippen LogP contribution in [0.3, 0.4) is 0 Å². The summed E-state index contributed by atoms with van der Waals surface area (Å²) in [6.07, 6.45) is -0.0550. The van der Waals surface area contributed by atoms with Crippen molar-refractivity contribution < 1.29 is 19.0 Å². The Bertz CT molecular complexity index is 506. The molecule has 2 rings (SSSR count). The van der Waals surface area contributed by atoms with Crippen molar-refractivity contribution in [3.05, 3.63) is 35.6 Å². The van der Waals surface area contributed by atoms with Crippen LogP contribution in [-0.4, -0.2) is 36.9 Å². The van der Waals surface area contributed by atoms with Crippen LogP contribution in [0.2, 0.25) is 0 Å². The summed E-state index contributed by atoms with van der Waals surface area (Å²) in [5, 5.41) is 12.5. The number of halogens is 1. The molecule has 1 aromatic rings. The van der Waals surface area contributed by atoms with Crippen molar-refractivity contribution in [2.75, 3.05) is 19.8 Å². The fourth-order valence-corrected chi connectivity index (χ4v) is 2.45. The van der Waals surface area contributed by atoms with E-state index >= 15 is 0 Å². The summed E-state index contributed by atoms with van der Waals surface area (Å²) >= 11 is 0. The van der Waals surface area contributed by atoms with E-state index in [1.54, 1.807) is 18.2 Å². The van der Waals surface area contributed by atoms with Crippen LogP contribution in [-0.2, 0) is 9.53 Å². The number of amides is 1. The van der Waals surface area contributed by atoms with Crippen LogP contribution < -0.4 is 5.32 Å². The molecule has 1 aromatic carbocycles. The molecule has 1 fully saturated rings. The average Bonchev–Trinajstić information content (AvgIpc) is 3.25. The Balaban J connectivity index is 1.70. The minimum atomic E-state index is -0.714. The van der Waals surface area contributed by atoms with Crippen molar-refractivity contribution in [2.45, 2.75) is 32.3 Å². The van der Waals surface area contributed by atoms with Crippen molar-refractivity contribution in [3.8, 4) is 0 Å². The first kappa shape index (κ1) is 16.9. The summed E-state index contributed by atoms with van der Waals surface area (Å²) in [6, 6.07) is 6.56. The molecule has 2 N–H and O–H groups in total. The van der Waals surface area contributed by atoms with Gasteiger partial charge in [-0.2, -0.15) is 0 Å². The number of hydrogen-bond donors (Lipinski definition) is 2. The largest absolute Gasteiger partial charge is 0.389 e. The maximum atomic E-state index is 13.6. The van der Waals surface area contributed by atoms with E-state index in [4.69, 9.17) is 4.74 Å². The Morgan fingerprint density at radius 2 is 2.14 bits per heavy atom. The van der Waals surface area contributed by atoms with Crippen LogP contribution in [0.25, 0.3) is 0 Å². The van der Waals surface area contributed by atoms with Crippen molar-refractivity contribution in [1.29, 1.82) is 0 Å². The van der Waals surface area contributed by atoms with Gasteiger partial charge in [0, 0.05) is 19.1 Å². The van der Waals surface area contributed by atoms with Crippen molar-refractivity contribution in [1.82, 2.24) is 5.32 Å². The number of nitrogens with one attached hydrogen (secondary N) is 1. The normalized spacial score (nSPS) is 21.7. The first-order valence-corrected chi connectivity index (χ1v) is 7.77. The number of aliphatic hydroxyl groups excluding tert-OH is 1. The Labute approximate surface area is 130 Å². The number of benzene rings is 1. The number of ether oxygens (including phenoxy) is 1. The number of carbonyl (C=O) groups is 1. The second-order valence-corrected chi connectivity index (χ2v) is 6.30. The van der Waals surface area contributed by atoms with Crippen molar-refractivity contribution in [2.24, 2.45) is 11.8 Å². The van der Waals surface area contributed by atoms with Gasteiger partial charge >= 0.3 is 0 Å². The molecule has 3 unspecified atom stereocenters. The summed E-state index contributed by atoms with van der Waals surface area (Å²) in [4.78, 5) is 12.0. The quantitative estimate of drug-likeness (QED) is 0.773. The molecule has 0 saturated heterocycles. The molecule has 1 aliphatic carbocycles. The highest BCUT2D eigenvalue weighted by Crippen LogP contribution is 2.48. The maximum absolute atomic E-state index is 13.6. The third kappa shape index (κ3) is 4.78. The van der Waals surface area contributed by atoms with Crippen molar-refractivity contribution in [3.63, 3.8) is 0 Å². The van der Waals surface area contributed by atoms with Gasteiger partial charge in [-0.05, 0) is 29.9 Å². The van der Waals surface area contributed by atoms with Gasteiger partial charge in [-0.15, -0.1) is 0 Å². The number of aliphatic hydroxyl groups is 1. The van der Waals surface area contributed by atoms with Crippen LogP contribution >= 0.6 is 0 Å². The van der Waals surface area contributed by atoms with Gasteiger partial charge in [0.05, 0.1) is 12.7 Å². The fourth-order valence-electron chi connectivity index (χ4n) is 2.45. The maximum Gasteiger partial charge on any atom is 0.223 e. The third-order valence-corrected chi connectivity index (χ3v) is 3.71. The third-order valence-electron chi connectivity index (χ3n) is 3.71. The van der Waals surface area contributed by atoms with Crippen molar-refractivity contribution >= 4 is 5.91 Å². The summed E-state index contributed by atoms with van der Waals surface area (Å²) in [7, 11) is 0. The van der Waals surface area contributed by atoms with Gasteiger partial charge in [0.15, 0.2) is 0 Å². The molecule has 1 aliphatic rings. The monoisotopic (exact) mass is 309 g/mol. The lowest BCUT2D eigenvalue weighted by Gasteiger charge is -2.13. The molecule has 0 heterocycles. The summed E-state index contributed by atoms with van der Waals surface area (Å²) in [5.74, 6) is -0.216. The van der Waals surface area contributed by atoms with E-state index in [1.165, 1.54) is 6.07 Å². The van der Waals surface area contributed by atoms with E-state index in [0.717, 1.165) is 0 Å². The average molecular weight is 309 g/mol. The zero-order chi connectivity index (χ0) is 16.1. The lowest BCUT2D eigenvalue weighted by Crippen LogP contribution is -2.35. The molecule has 5 heteroatoms. The Hall–Kier alpha value is -1.46. The second kappa shape index (κ2) is 7.70. The first-order chi connectivity index (χ1) is 10.5. The van der Waals surface area contributed by atoms with Gasteiger partial charge in [0.2, 0.25) is 5.91 Å². The Morgan fingerprint density at radius 3 is 2.82 bits per heavy atom. The SMILES string of the molecule is CC(C)COCC(O)CNC(=O)C1CC1c1ccccc1F. The molecule has 3 atom stereocenters. The number of carbonyl (C=O) groups excluding carboxylic acids is 1. The smallest absolute Gasteiger partial charge is 0.223 e. The molecular formula is C17H24FNO3. The standard InChI is InChI=1S/C17H24FNO3/c1-11(2)9-22-10-12(20)8-19-17(21)15-7-14(15)13-5-3-4-6-16(13)18/h3-6,11-12,14-15,20H,7-10H2,1-2H3,(H,19,21). The molecule has 1 saturated carbocycles. The molecule has 1 amide bonds. The highest BCUT2D eigenvalue weighted by Gasteiger charge is 2.45. The van der Waals surface area contributed by atoms with Crippen LogP contribution in [0, 0.1) is 17.7 Å². The topological polar surface area (TPSA) is 58.6 Å². The predicted octanol–water partition coefficient (Wildman–Crippen LogP) is 2.08. The van der Waals surface area contributed by atoms with Crippen LogP contribution in [0.15, 0.2) is 24.3 Å². The van der Waals surface area contributed by atoms with Crippen LogP contribution in [0.4, 0.5) is 4.39 Å². The molecule has 0 radical (unpaired) electrons. The zero-order valence-electron chi connectivity index (χ0n) is 13.1. The summed E-state index contributed by atoms with van der Waals surface area (Å²) in [6.45, 7) is 5.02. The second-order valence-electron chi connectivity index (χ2n) is 6.30. The van der Waals surface area contributed by atoms with Gasteiger partial charge in [0.1, 0.15) is 5.82 Å². The summed E-state index contributed by atoms with van der Waals surface area (Å²) < 4.78 is 19.0. The molecule has 0 spiro atoms. The molecule has 0 aromatic heterocycles. The highest BCUT2D eigenvalue weighted by molar-refractivity contribution is 5.82. The molecule has 0 bridgehead atoms. The Morgan fingerprint density at radius 1 is 1.41 bits per heavy atom. The lowest BCUT2D eigenvalue weighted by atomic mass is 10.1. The van der Waals surface area contributed by atoms with Crippen LogP contribution in [0.1, 0.15) is 31.7 Å². The number of hydrogen-bond acceptors (Lipinski definition) is 3. The van der Waals surface area contributed by atoms with Gasteiger partial charge in [0.25, 0.3) is 0 Å². The van der Waals surface area contributed by atoms with Gasteiger partial charge in [-0.3, -0.25) is 4.79 Å². The molecule has 0 aliphatic heterocycles. The van der Waals surface area contributed by atoms with E-state index in [9.17, 15) is 14.3 Å².